The lowest BCUT2D eigenvalue weighted by Crippen LogP contribution is -2.68. The second-order valence-electron chi connectivity index (χ2n) is 14.6. The Morgan fingerprint density at radius 3 is 1.58 bits per heavy atom. The second-order valence-corrected chi connectivity index (χ2v) is 14.6. The first-order valence-electron chi connectivity index (χ1n) is 20.0. The van der Waals surface area contributed by atoms with E-state index in [0.29, 0.717) is 16.7 Å². The molecule has 5 unspecified atom stereocenters. The predicted octanol–water partition coefficient (Wildman–Crippen LogP) is 8.21. The van der Waals surface area contributed by atoms with Crippen LogP contribution in [0.4, 0.5) is 0 Å². The van der Waals surface area contributed by atoms with Crippen molar-refractivity contribution in [2.45, 2.75) is 63.1 Å². The summed E-state index contributed by atoms with van der Waals surface area (Å²) < 4.78 is 39.7. The molecule has 0 saturated carbocycles. The van der Waals surface area contributed by atoms with Crippen LogP contribution in [0.2, 0.25) is 0 Å². The standard InChI is InChI=1S/C50H45NO9/c52-47-41-29-17-16-28-40(41)30-51(47)43-45(55-31-35-18-6-1-7-19-35)46(56-32-36-20-8-2-9-21-36)44(60-50(43)58-33-37-22-10-3-11-23-37)42(59-49(54)39-26-14-5-15-27-39)34-57-48(53)38-24-12-4-13-25-38/h1-29,42-46,50H,30-34H2/t42-,43?,44?,45?,46?,50?/m1/s1. The molecule has 2 aliphatic heterocycles. The number of benzene rings is 6. The fraction of sp³-hybridized carbons (Fsp3) is 0.220. The number of fused-ring (bicyclic) bond motifs is 1. The summed E-state index contributed by atoms with van der Waals surface area (Å²) in [4.78, 5) is 43.6. The van der Waals surface area contributed by atoms with Gasteiger partial charge in [0.1, 0.15) is 31.0 Å². The molecular weight excluding hydrogens is 759 g/mol. The van der Waals surface area contributed by atoms with Crippen molar-refractivity contribution >= 4 is 17.8 Å². The van der Waals surface area contributed by atoms with Crippen molar-refractivity contribution in [3.8, 4) is 0 Å². The lowest BCUT2D eigenvalue weighted by Gasteiger charge is -2.50. The summed E-state index contributed by atoms with van der Waals surface area (Å²) in [5, 5.41) is 0. The van der Waals surface area contributed by atoms with Crippen molar-refractivity contribution in [3.63, 3.8) is 0 Å². The van der Waals surface area contributed by atoms with Crippen molar-refractivity contribution in [1.29, 1.82) is 0 Å². The lowest BCUT2D eigenvalue weighted by atomic mass is 9.91. The molecular formula is C50H45NO9. The minimum Gasteiger partial charge on any atom is -0.458 e. The topological polar surface area (TPSA) is 110 Å². The molecule has 6 atom stereocenters. The quantitative estimate of drug-likeness (QED) is 0.0895. The summed E-state index contributed by atoms with van der Waals surface area (Å²) in [6.07, 6.45) is -5.42. The van der Waals surface area contributed by atoms with Crippen molar-refractivity contribution in [2.75, 3.05) is 6.61 Å². The van der Waals surface area contributed by atoms with E-state index in [9.17, 15) is 14.4 Å². The maximum absolute atomic E-state index is 14.4. The number of nitrogens with zero attached hydrogens (tertiary/aromatic N) is 1. The van der Waals surface area contributed by atoms with Gasteiger partial charge in [-0.05, 0) is 52.6 Å². The summed E-state index contributed by atoms with van der Waals surface area (Å²) in [7, 11) is 0. The largest absolute Gasteiger partial charge is 0.458 e. The van der Waals surface area contributed by atoms with Gasteiger partial charge in [0.05, 0.1) is 30.9 Å². The third-order valence-corrected chi connectivity index (χ3v) is 10.6. The molecule has 0 aliphatic carbocycles. The van der Waals surface area contributed by atoms with E-state index in [2.05, 4.69) is 0 Å². The summed E-state index contributed by atoms with van der Waals surface area (Å²) in [5.41, 5.74) is 4.69. The highest BCUT2D eigenvalue weighted by molar-refractivity contribution is 5.98. The molecule has 2 heterocycles. The normalized spacial score (nSPS) is 20.2. The van der Waals surface area contributed by atoms with Gasteiger partial charge in [0.15, 0.2) is 12.4 Å². The van der Waals surface area contributed by atoms with Crippen LogP contribution in [0, 0.1) is 0 Å². The smallest absolute Gasteiger partial charge is 0.338 e. The van der Waals surface area contributed by atoms with Gasteiger partial charge < -0.3 is 33.3 Å². The number of hydrogen-bond donors (Lipinski definition) is 0. The summed E-state index contributed by atoms with van der Waals surface area (Å²) in [5.74, 6) is -1.47. The highest BCUT2D eigenvalue weighted by Crippen LogP contribution is 2.38. The Hall–Kier alpha value is -6.43. The molecule has 0 aromatic heterocycles. The van der Waals surface area contributed by atoms with E-state index in [-0.39, 0.29) is 32.3 Å². The monoisotopic (exact) mass is 803 g/mol. The van der Waals surface area contributed by atoms with Gasteiger partial charge in [-0.2, -0.15) is 0 Å². The van der Waals surface area contributed by atoms with Crippen molar-refractivity contribution in [3.05, 3.63) is 215 Å². The molecule has 2 aliphatic rings. The highest BCUT2D eigenvalue weighted by Gasteiger charge is 2.55. The van der Waals surface area contributed by atoms with E-state index in [1.807, 2.05) is 115 Å². The zero-order valence-electron chi connectivity index (χ0n) is 32.9. The molecule has 6 aromatic rings. The summed E-state index contributed by atoms with van der Waals surface area (Å²) in [6.45, 7) is 0.282. The zero-order chi connectivity index (χ0) is 41.1. The average Bonchev–Trinajstić information content (AvgIpc) is 3.64. The number of carbonyl (C=O) groups is 3. The van der Waals surface area contributed by atoms with Gasteiger partial charge in [0.25, 0.3) is 5.91 Å². The van der Waals surface area contributed by atoms with Gasteiger partial charge in [-0.3, -0.25) is 4.79 Å². The van der Waals surface area contributed by atoms with Crippen molar-refractivity contribution < 1.29 is 42.8 Å². The molecule has 10 heteroatoms. The van der Waals surface area contributed by atoms with Crippen LogP contribution in [0.3, 0.4) is 0 Å². The second kappa shape index (κ2) is 19.5. The molecule has 0 radical (unpaired) electrons. The Kier molecular flexibility index (Phi) is 13.1. The van der Waals surface area contributed by atoms with E-state index < -0.39 is 55.3 Å². The molecule has 304 valence electrons. The minimum absolute atomic E-state index is 0.121. The average molecular weight is 804 g/mol. The van der Waals surface area contributed by atoms with Gasteiger partial charge in [0, 0.05) is 12.1 Å². The number of hydrogen-bond acceptors (Lipinski definition) is 9. The summed E-state index contributed by atoms with van der Waals surface area (Å²) >= 11 is 0. The van der Waals surface area contributed by atoms with E-state index in [0.717, 1.165) is 22.3 Å². The fourth-order valence-corrected chi connectivity index (χ4v) is 7.59. The van der Waals surface area contributed by atoms with Crippen LogP contribution < -0.4 is 0 Å². The van der Waals surface area contributed by atoms with Gasteiger partial charge in [-0.25, -0.2) is 9.59 Å². The Bertz CT molecular complexity index is 2310. The predicted molar refractivity (Wildman–Crippen MR) is 222 cm³/mol. The lowest BCUT2D eigenvalue weighted by molar-refractivity contribution is -0.313. The van der Waals surface area contributed by atoms with Crippen LogP contribution in [-0.2, 0) is 54.8 Å². The molecule has 6 aromatic carbocycles. The van der Waals surface area contributed by atoms with Crippen molar-refractivity contribution in [2.24, 2.45) is 0 Å². The van der Waals surface area contributed by atoms with Gasteiger partial charge >= 0.3 is 11.9 Å². The van der Waals surface area contributed by atoms with Crippen LogP contribution in [-0.4, -0.2) is 66.1 Å². The van der Waals surface area contributed by atoms with Crippen LogP contribution in [0.15, 0.2) is 176 Å². The van der Waals surface area contributed by atoms with E-state index >= 15 is 0 Å². The molecule has 60 heavy (non-hydrogen) atoms. The maximum atomic E-state index is 14.4. The van der Waals surface area contributed by atoms with E-state index in [1.54, 1.807) is 65.6 Å². The number of ether oxygens (including phenoxy) is 6. The Morgan fingerprint density at radius 1 is 0.567 bits per heavy atom. The molecule has 1 fully saturated rings. The number of carbonyl (C=O) groups excluding carboxylic acids is 3. The summed E-state index contributed by atoms with van der Waals surface area (Å²) in [6, 6.07) is 52.7. The Labute approximate surface area is 349 Å². The zero-order valence-corrected chi connectivity index (χ0v) is 32.9. The first-order valence-corrected chi connectivity index (χ1v) is 20.0. The van der Waals surface area contributed by atoms with E-state index in [4.69, 9.17) is 28.4 Å². The first-order chi connectivity index (χ1) is 29.5. The van der Waals surface area contributed by atoms with Crippen LogP contribution in [0.5, 0.6) is 0 Å². The molecule has 8 rings (SSSR count). The fourth-order valence-electron chi connectivity index (χ4n) is 7.59. The van der Waals surface area contributed by atoms with Gasteiger partial charge in [-0.1, -0.05) is 146 Å². The molecule has 0 N–H and O–H groups in total. The molecule has 1 saturated heterocycles. The third-order valence-electron chi connectivity index (χ3n) is 10.6. The number of esters is 2. The highest BCUT2D eigenvalue weighted by atomic mass is 16.7. The molecule has 10 nitrogen and oxygen atoms in total. The molecule has 0 spiro atoms. The first kappa shape index (κ1) is 40.4. The van der Waals surface area contributed by atoms with Gasteiger partial charge in [-0.15, -0.1) is 0 Å². The third kappa shape index (κ3) is 9.71. The Morgan fingerprint density at radius 2 is 1.03 bits per heavy atom. The van der Waals surface area contributed by atoms with E-state index in [1.165, 1.54) is 0 Å². The van der Waals surface area contributed by atoms with Crippen LogP contribution in [0.1, 0.15) is 53.3 Å². The molecule has 0 bridgehead atoms. The molecule has 1 amide bonds. The van der Waals surface area contributed by atoms with Crippen molar-refractivity contribution in [1.82, 2.24) is 4.90 Å². The SMILES string of the molecule is O=C(OC[C@@H](OC(=O)c1ccccc1)C1OC(OCc2ccccc2)C(N2Cc3ccccc3C2=O)C(OCc2ccccc2)C1OCc1ccccc1)c1ccccc1. The van der Waals surface area contributed by atoms with Crippen LogP contribution in [0.25, 0.3) is 0 Å². The number of amides is 1. The minimum atomic E-state index is -1.23. The Balaban J connectivity index is 1.22. The van der Waals surface area contributed by atoms with Gasteiger partial charge in [0.2, 0.25) is 0 Å². The maximum Gasteiger partial charge on any atom is 0.338 e. The van der Waals surface area contributed by atoms with Crippen LogP contribution >= 0.6 is 0 Å². The number of rotatable bonds is 16.